The number of aryl methyl sites for hydroxylation is 1. The Morgan fingerprint density at radius 2 is 1.94 bits per heavy atom. The molecule has 0 spiro atoms. The zero-order valence-electron chi connectivity index (χ0n) is 10.5. The SMILES string of the molecule is COc1c(C(O)c2ccoc2Cl)ccc(C)c1C. The van der Waals surface area contributed by atoms with E-state index in [0.717, 1.165) is 11.1 Å². The third kappa shape index (κ3) is 2.11. The van der Waals surface area contributed by atoms with Crippen molar-refractivity contribution in [1.29, 1.82) is 0 Å². The second-order valence-corrected chi connectivity index (χ2v) is 4.53. The van der Waals surface area contributed by atoms with Crippen LogP contribution in [0, 0.1) is 13.8 Å². The van der Waals surface area contributed by atoms with Gasteiger partial charge in [-0.05, 0) is 42.6 Å². The molecule has 0 aliphatic rings. The standard InChI is InChI=1S/C14H15ClO3/c1-8-4-5-10(13(17-3)9(8)2)12(16)11-6-7-18-14(11)15/h4-7,12,16H,1-3H3. The zero-order chi connectivity index (χ0) is 13.3. The van der Waals surface area contributed by atoms with Gasteiger partial charge >= 0.3 is 0 Å². The molecule has 0 amide bonds. The molecule has 0 saturated carbocycles. The number of rotatable bonds is 3. The summed E-state index contributed by atoms with van der Waals surface area (Å²) in [5.41, 5.74) is 3.34. The van der Waals surface area contributed by atoms with Crippen LogP contribution >= 0.6 is 11.6 Å². The Bertz CT molecular complexity index is 560. The number of ether oxygens (including phenoxy) is 1. The topological polar surface area (TPSA) is 42.6 Å². The zero-order valence-corrected chi connectivity index (χ0v) is 11.3. The summed E-state index contributed by atoms with van der Waals surface area (Å²) in [6.07, 6.45) is 0.597. The van der Waals surface area contributed by atoms with Crippen molar-refractivity contribution >= 4 is 11.6 Å². The molecule has 0 aliphatic heterocycles. The molecule has 1 N–H and O–H groups in total. The normalized spacial score (nSPS) is 12.5. The maximum atomic E-state index is 10.4. The highest BCUT2D eigenvalue weighted by Gasteiger charge is 2.21. The lowest BCUT2D eigenvalue weighted by Gasteiger charge is -2.17. The van der Waals surface area contributed by atoms with Gasteiger partial charge in [0, 0.05) is 11.1 Å². The highest BCUT2D eigenvalue weighted by Crippen LogP contribution is 2.36. The summed E-state index contributed by atoms with van der Waals surface area (Å²) in [5, 5.41) is 10.6. The van der Waals surface area contributed by atoms with E-state index >= 15 is 0 Å². The Balaban J connectivity index is 2.52. The van der Waals surface area contributed by atoms with Crippen LogP contribution in [-0.4, -0.2) is 12.2 Å². The molecule has 1 aromatic carbocycles. The molecule has 0 fully saturated rings. The predicted octanol–water partition coefficient (Wildman–Crippen LogP) is 3.64. The van der Waals surface area contributed by atoms with Crippen LogP contribution in [0.4, 0.5) is 0 Å². The van der Waals surface area contributed by atoms with Crippen LogP contribution in [0.1, 0.15) is 28.4 Å². The van der Waals surface area contributed by atoms with Gasteiger partial charge in [0.1, 0.15) is 11.9 Å². The maximum absolute atomic E-state index is 10.4. The third-order valence-electron chi connectivity index (χ3n) is 3.15. The summed E-state index contributed by atoms with van der Waals surface area (Å²) in [6.45, 7) is 3.96. The van der Waals surface area contributed by atoms with Crippen LogP contribution in [0.5, 0.6) is 5.75 Å². The van der Waals surface area contributed by atoms with E-state index in [2.05, 4.69) is 0 Å². The van der Waals surface area contributed by atoms with Gasteiger partial charge in [0.15, 0.2) is 5.22 Å². The molecule has 3 nitrogen and oxygen atoms in total. The molecule has 18 heavy (non-hydrogen) atoms. The Kier molecular flexibility index (Phi) is 3.64. The molecule has 1 heterocycles. The molecule has 96 valence electrons. The van der Waals surface area contributed by atoms with Gasteiger partial charge in [-0.2, -0.15) is 0 Å². The number of methoxy groups -OCH3 is 1. The van der Waals surface area contributed by atoms with Crippen LogP contribution in [0.25, 0.3) is 0 Å². The fourth-order valence-corrected chi connectivity index (χ4v) is 2.18. The maximum Gasteiger partial charge on any atom is 0.199 e. The first-order valence-electron chi connectivity index (χ1n) is 5.61. The van der Waals surface area contributed by atoms with Crippen LogP contribution < -0.4 is 4.74 Å². The first-order chi connectivity index (χ1) is 8.56. The van der Waals surface area contributed by atoms with Crippen molar-refractivity contribution < 1.29 is 14.3 Å². The van der Waals surface area contributed by atoms with Gasteiger partial charge in [0.25, 0.3) is 0 Å². The molecule has 1 aromatic heterocycles. The van der Waals surface area contributed by atoms with Crippen molar-refractivity contribution in [2.24, 2.45) is 0 Å². The van der Waals surface area contributed by atoms with E-state index in [-0.39, 0.29) is 5.22 Å². The van der Waals surface area contributed by atoms with E-state index in [1.54, 1.807) is 13.2 Å². The van der Waals surface area contributed by atoms with E-state index in [9.17, 15) is 5.11 Å². The van der Waals surface area contributed by atoms with Crippen molar-refractivity contribution in [1.82, 2.24) is 0 Å². The first kappa shape index (κ1) is 13.0. The molecule has 0 saturated heterocycles. The quantitative estimate of drug-likeness (QED) is 0.922. The van der Waals surface area contributed by atoms with Crippen LogP contribution in [0.2, 0.25) is 5.22 Å². The van der Waals surface area contributed by atoms with E-state index in [1.165, 1.54) is 6.26 Å². The van der Waals surface area contributed by atoms with Gasteiger partial charge in [-0.15, -0.1) is 0 Å². The molecule has 0 radical (unpaired) electrons. The van der Waals surface area contributed by atoms with Crippen molar-refractivity contribution in [3.8, 4) is 5.75 Å². The summed E-state index contributed by atoms with van der Waals surface area (Å²) < 4.78 is 10.4. The molecule has 1 atom stereocenters. The second kappa shape index (κ2) is 5.04. The minimum absolute atomic E-state index is 0.197. The van der Waals surface area contributed by atoms with Crippen molar-refractivity contribution in [2.45, 2.75) is 20.0 Å². The summed E-state index contributed by atoms with van der Waals surface area (Å²) in [6, 6.07) is 5.45. The largest absolute Gasteiger partial charge is 0.496 e. The Labute approximate surface area is 111 Å². The number of aliphatic hydroxyl groups excluding tert-OH is 1. The smallest absolute Gasteiger partial charge is 0.199 e. The summed E-state index contributed by atoms with van der Waals surface area (Å²) in [5.74, 6) is 0.680. The van der Waals surface area contributed by atoms with Crippen molar-refractivity contribution in [3.63, 3.8) is 0 Å². The number of furan rings is 1. The van der Waals surface area contributed by atoms with Gasteiger partial charge < -0.3 is 14.3 Å². The van der Waals surface area contributed by atoms with Crippen LogP contribution in [0.15, 0.2) is 28.9 Å². The van der Waals surface area contributed by atoms with Crippen LogP contribution in [-0.2, 0) is 0 Å². The van der Waals surface area contributed by atoms with Crippen LogP contribution in [0.3, 0.4) is 0 Å². The highest BCUT2D eigenvalue weighted by atomic mass is 35.5. The van der Waals surface area contributed by atoms with Gasteiger partial charge in [0.2, 0.25) is 0 Å². The molecule has 0 bridgehead atoms. The first-order valence-corrected chi connectivity index (χ1v) is 5.99. The summed E-state index contributed by atoms with van der Waals surface area (Å²) in [4.78, 5) is 0. The predicted molar refractivity (Wildman–Crippen MR) is 70.2 cm³/mol. The fourth-order valence-electron chi connectivity index (χ4n) is 1.96. The van der Waals surface area contributed by atoms with Gasteiger partial charge in [-0.3, -0.25) is 0 Å². The minimum Gasteiger partial charge on any atom is -0.496 e. The van der Waals surface area contributed by atoms with E-state index in [4.69, 9.17) is 20.8 Å². The summed E-state index contributed by atoms with van der Waals surface area (Å²) >= 11 is 5.88. The average Bonchev–Trinajstić information content (AvgIpc) is 2.78. The Hall–Kier alpha value is -1.45. The molecule has 4 heteroatoms. The third-order valence-corrected chi connectivity index (χ3v) is 3.45. The molecule has 0 aliphatic carbocycles. The number of aliphatic hydroxyl groups is 1. The van der Waals surface area contributed by atoms with E-state index in [1.807, 2.05) is 26.0 Å². The van der Waals surface area contributed by atoms with E-state index < -0.39 is 6.10 Å². The van der Waals surface area contributed by atoms with Gasteiger partial charge in [-0.25, -0.2) is 0 Å². The summed E-state index contributed by atoms with van der Waals surface area (Å²) in [7, 11) is 1.59. The number of hydrogen-bond acceptors (Lipinski definition) is 3. The Morgan fingerprint density at radius 3 is 2.50 bits per heavy atom. The molecular weight excluding hydrogens is 252 g/mol. The number of hydrogen-bond donors (Lipinski definition) is 1. The minimum atomic E-state index is -0.856. The lowest BCUT2D eigenvalue weighted by atomic mass is 9.98. The van der Waals surface area contributed by atoms with E-state index in [0.29, 0.717) is 16.9 Å². The van der Waals surface area contributed by atoms with Crippen molar-refractivity contribution in [3.05, 3.63) is 51.9 Å². The molecule has 1 unspecified atom stereocenters. The lowest BCUT2D eigenvalue weighted by Crippen LogP contribution is -2.04. The monoisotopic (exact) mass is 266 g/mol. The molecule has 2 rings (SSSR count). The van der Waals surface area contributed by atoms with Crippen molar-refractivity contribution in [2.75, 3.05) is 7.11 Å². The average molecular weight is 267 g/mol. The fraction of sp³-hybridized carbons (Fsp3) is 0.286. The second-order valence-electron chi connectivity index (χ2n) is 4.18. The lowest BCUT2D eigenvalue weighted by molar-refractivity contribution is 0.213. The van der Waals surface area contributed by atoms with Gasteiger partial charge in [0.05, 0.1) is 13.4 Å². The molecular formula is C14H15ClO3. The molecule has 2 aromatic rings. The number of benzene rings is 1. The van der Waals surface area contributed by atoms with Gasteiger partial charge in [-0.1, -0.05) is 12.1 Å². The number of halogens is 1. The Morgan fingerprint density at radius 1 is 1.22 bits per heavy atom. The highest BCUT2D eigenvalue weighted by molar-refractivity contribution is 6.29.